The third kappa shape index (κ3) is 3.72. The number of carbonyl (C=O) groups is 1. The number of hydrogen-bond donors (Lipinski definition) is 1. The van der Waals surface area contributed by atoms with Gasteiger partial charge in [0, 0.05) is 5.92 Å². The molecule has 0 fully saturated rings. The van der Waals surface area contributed by atoms with Crippen molar-refractivity contribution < 1.29 is 21.7 Å². The van der Waals surface area contributed by atoms with Crippen LogP contribution in [0.1, 0.15) is 17.0 Å². The molecule has 148 valence electrons. The van der Waals surface area contributed by atoms with Gasteiger partial charge in [0.25, 0.3) is 0 Å². The largest absolute Gasteiger partial charge is 0.448 e. The lowest BCUT2D eigenvalue weighted by molar-refractivity contribution is 0.158. The Bertz CT molecular complexity index is 1130. The first kappa shape index (κ1) is 19.4. The van der Waals surface area contributed by atoms with E-state index in [2.05, 4.69) is 9.05 Å². The number of rotatable bonds is 5. The number of carbonyl (C=O) groups excluding carboxylic acids is 1. The third-order valence-electron chi connectivity index (χ3n) is 4.82. The van der Waals surface area contributed by atoms with Gasteiger partial charge < -0.3 is 4.74 Å². The molecule has 1 N–H and O–H groups in total. The fraction of sp³-hybridized carbons (Fsp3) is 0.0952. The van der Waals surface area contributed by atoms with E-state index in [4.69, 9.17) is 16.6 Å². The molecule has 0 spiro atoms. The maximum Gasteiger partial charge on any atom is 0.411 e. The highest BCUT2D eigenvalue weighted by molar-refractivity contribution is 7.87. The van der Waals surface area contributed by atoms with E-state index in [1.807, 2.05) is 48.5 Å². The number of fused-ring (bicyclic) bond motifs is 3. The Morgan fingerprint density at radius 1 is 0.897 bits per heavy atom. The molecule has 29 heavy (non-hydrogen) atoms. The average Bonchev–Trinajstić information content (AvgIpc) is 3.06. The topological polar surface area (TPSA) is 81.7 Å². The number of halogens is 1. The van der Waals surface area contributed by atoms with Crippen molar-refractivity contribution in [3.05, 3.63) is 83.9 Å². The second kappa shape index (κ2) is 7.87. The molecule has 0 heterocycles. The molecule has 0 bridgehead atoms. The quantitative estimate of drug-likeness (QED) is 0.623. The van der Waals surface area contributed by atoms with E-state index in [1.54, 1.807) is 6.07 Å². The zero-order valence-corrected chi connectivity index (χ0v) is 16.6. The Balaban J connectivity index is 1.52. The first-order chi connectivity index (χ1) is 14.0. The van der Waals surface area contributed by atoms with E-state index >= 15 is 0 Å². The van der Waals surface area contributed by atoms with Gasteiger partial charge in [0.05, 0.1) is 17.6 Å². The minimum atomic E-state index is -4.19. The SMILES string of the molecule is O=C(Nc1ccccc1S(=O)(=O)OCl)OCC1c2ccccc2-c2ccccc21. The van der Waals surface area contributed by atoms with Gasteiger partial charge in [0.15, 0.2) is 0 Å². The van der Waals surface area contributed by atoms with Gasteiger partial charge in [-0.05, 0) is 34.4 Å². The number of anilines is 1. The minimum absolute atomic E-state index is 0.0189. The first-order valence-electron chi connectivity index (χ1n) is 8.77. The summed E-state index contributed by atoms with van der Waals surface area (Å²) in [7, 11) is -4.19. The Kier molecular flexibility index (Phi) is 5.27. The molecule has 0 saturated heterocycles. The second-order valence-electron chi connectivity index (χ2n) is 6.46. The number of ether oxygens (including phenoxy) is 1. The Morgan fingerprint density at radius 3 is 2.07 bits per heavy atom. The molecule has 3 aromatic carbocycles. The van der Waals surface area contributed by atoms with Crippen LogP contribution in [0.5, 0.6) is 0 Å². The van der Waals surface area contributed by atoms with E-state index < -0.39 is 16.2 Å². The number of benzene rings is 3. The summed E-state index contributed by atoms with van der Waals surface area (Å²) in [6.07, 6.45) is -0.774. The maximum absolute atomic E-state index is 12.4. The zero-order valence-electron chi connectivity index (χ0n) is 15.0. The smallest absolute Gasteiger partial charge is 0.411 e. The van der Waals surface area contributed by atoms with E-state index in [0.29, 0.717) is 0 Å². The normalized spacial score (nSPS) is 12.9. The van der Waals surface area contributed by atoms with Gasteiger partial charge in [0.2, 0.25) is 0 Å². The van der Waals surface area contributed by atoms with Crippen LogP contribution in [0.25, 0.3) is 11.1 Å². The van der Waals surface area contributed by atoms with Crippen LogP contribution in [-0.4, -0.2) is 21.1 Å². The highest BCUT2D eigenvalue weighted by Crippen LogP contribution is 2.44. The summed E-state index contributed by atoms with van der Waals surface area (Å²) in [6.45, 7) is 0.112. The lowest BCUT2D eigenvalue weighted by Gasteiger charge is -2.15. The van der Waals surface area contributed by atoms with Crippen LogP contribution in [0.4, 0.5) is 10.5 Å². The van der Waals surface area contributed by atoms with Crippen LogP contribution in [0.15, 0.2) is 77.7 Å². The molecule has 1 aliphatic rings. The van der Waals surface area contributed by atoms with Crippen molar-refractivity contribution in [3.8, 4) is 11.1 Å². The molecule has 0 aliphatic heterocycles. The predicted molar refractivity (Wildman–Crippen MR) is 109 cm³/mol. The highest BCUT2D eigenvalue weighted by atomic mass is 35.5. The molecule has 0 atom stereocenters. The Labute approximate surface area is 173 Å². The fourth-order valence-electron chi connectivity index (χ4n) is 3.57. The summed E-state index contributed by atoms with van der Waals surface area (Å²) < 4.78 is 33.2. The fourth-order valence-corrected chi connectivity index (χ4v) is 4.47. The molecule has 8 heteroatoms. The van der Waals surface area contributed by atoms with E-state index in [9.17, 15) is 13.2 Å². The summed E-state index contributed by atoms with van der Waals surface area (Å²) >= 11 is 5.05. The van der Waals surface area contributed by atoms with Gasteiger partial charge in [-0.2, -0.15) is 12.2 Å². The van der Waals surface area contributed by atoms with E-state index in [1.165, 1.54) is 18.2 Å². The van der Waals surface area contributed by atoms with Crippen molar-refractivity contribution in [2.45, 2.75) is 10.8 Å². The van der Waals surface area contributed by atoms with Crippen LogP contribution in [0.3, 0.4) is 0 Å². The molecule has 1 aliphatic carbocycles. The van der Waals surface area contributed by atoms with Crippen LogP contribution in [-0.2, 0) is 18.6 Å². The van der Waals surface area contributed by atoms with Gasteiger partial charge in [-0.3, -0.25) is 5.32 Å². The standard InChI is InChI=1S/C21H16ClNO5S/c22-28-29(25,26)20-12-6-5-11-19(20)23-21(24)27-13-18-16-9-3-1-7-14(16)15-8-2-4-10-17(15)18/h1-12,18H,13H2,(H,23,24). The van der Waals surface area contributed by atoms with Crippen molar-refractivity contribution in [1.29, 1.82) is 0 Å². The highest BCUT2D eigenvalue weighted by Gasteiger charge is 2.29. The Morgan fingerprint density at radius 2 is 1.45 bits per heavy atom. The van der Waals surface area contributed by atoms with Crippen molar-refractivity contribution in [3.63, 3.8) is 0 Å². The number of nitrogens with one attached hydrogen (secondary N) is 1. The summed E-state index contributed by atoms with van der Waals surface area (Å²) in [5.74, 6) is -0.0988. The second-order valence-corrected chi connectivity index (χ2v) is 8.32. The van der Waals surface area contributed by atoms with Crippen molar-refractivity contribution >= 4 is 33.8 Å². The zero-order chi connectivity index (χ0) is 20.4. The molecule has 3 aromatic rings. The molecule has 4 rings (SSSR count). The third-order valence-corrected chi connectivity index (χ3v) is 6.38. The van der Waals surface area contributed by atoms with Crippen molar-refractivity contribution in [1.82, 2.24) is 0 Å². The van der Waals surface area contributed by atoms with Gasteiger partial charge in [-0.1, -0.05) is 60.7 Å². The lowest BCUT2D eigenvalue weighted by Crippen LogP contribution is -2.19. The maximum atomic E-state index is 12.4. The lowest BCUT2D eigenvalue weighted by atomic mass is 9.98. The van der Waals surface area contributed by atoms with Gasteiger partial charge in [-0.25, -0.2) is 4.79 Å². The van der Waals surface area contributed by atoms with Crippen molar-refractivity contribution in [2.75, 3.05) is 11.9 Å². The first-order valence-corrected chi connectivity index (χ1v) is 10.5. The van der Waals surface area contributed by atoms with Crippen LogP contribution in [0, 0.1) is 0 Å². The van der Waals surface area contributed by atoms with E-state index in [0.717, 1.165) is 22.3 Å². The summed E-state index contributed by atoms with van der Waals surface area (Å²) in [4.78, 5) is 12.1. The Hall–Kier alpha value is -2.87. The predicted octanol–water partition coefficient (Wildman–Crippen LogP) is 4.91. The molecular formula is C21H16ClNO5S. The molecule has 0 aromatic heterocycles. The summed E-state index contributed by atoms with van der Waals surface area (Å²) in [5, 5.41) is 2.44. The molecule has 6 nitrogen and oxygen atoms in total. The van der Waals surface area contributed by atoms with Crippen LogP contribution >= 0.6 is 11.9 Å². The van der Waals surface area contributed by atoms with E-state index in [-0.39, 0.29) is 23.1 Å². The number of amides is 1. The van der Waals surface area contributed by atoms with Crippen molar-refractivity contribution in [2.24, 2.45) is 0 Å². The summed E-state index contributed by atoms with van der Waals surface area (Å²) in [5.41, 5.74) is 4.42. The molecule has 0 unspecified atom stereocenters. The monoisotopic (exact) mass is 429 g/mol. The van der Waals surface area contributed by atoms with Gasteiger partial charge in [0.1, 0.15) is 11.5 Å². The summed E-state index contributed by atoms with van der Waals surface area (Å²) in [6, 6.07) is 21.7. The van der Waals surface area contributed by atoms with Crippen LogP contribution < -0.4 is 5.32 Å². The minimum Gasteiger partial charge on any atom is -0.448 e. The average molecular weight is 430 g/mol. The number of hydrogen-bond acceptors (Lipinski definition) is 5. The van der Waals surface area contributed by atoms with Crippen LogP contribution in [0.2, 0.25) is 0 Å². The molecule has 1 amide bonds. The van der Waals surface area contributed by atoms with Gasteiger partial charge >= 0.3 is 16.2 Å². The molecular weight excluding hydrogens is 414 g/mol. The number of para-hydroxylation sites is 1. The van der Waals surface area contributed by atoms with Gasteiger partial charge in [-0.15, -0.1) is 0 Å². The molecule has 0 saturated carbocycles. The molecule has 0 radical (unpaired) electrons.